The molecule has 0 aliphatic carbocycles. The Morgan fingerprint density at radius 2 is 2.18 bits per heavy atom. The molecule has 0 heterocycles. The molecule has 0 fully saturated rings. The van der Waals surface area contributed by atoms with Crippen LogP contribution in [0, 0.1) is 11.5 Å². The van der Waals surface area contributed by atoms with Crippen LogP contribution in [-0.4, -0.2) is 11.8 Å². The van der Waals surface area contributed by atoms with Crippen molar-refractivity contribution < 1.29 is 45.3 Å². The van der Waals surface area contributed by atoms with Crippen molar-refractivity contribution in [3.8, 4) is 6.26 Å². The van der Waals surface area contributed by atoms with E-state index in [4.69, 9.17) is 5.26 Å². The third kappa shape index (κ3) is 6.05. The molecule has 0 rings (SSSR count). The quantitative estimate of drug-likeness (QED) is 0.200. The first-order chi connectivity index (χ1) is 4.72. The minimum Gasteiger partial charge on any atom is -1.00 e. The SMILES string of the molecule is CCCC(=O)C(=O)OC#N.[H-].[Na+]. The van der Waals surface area contributed by atoms with E-state index in [1.807, 2.05) is 0 Å². The van der Waals surface area contributed by atoms with Crippen LogP contribution in [0.1, 0.15) is 21.2 Å². The van der Waals surface area contributed by atoms with E-state index in [0.29, 0.717) is 6.42 Å². The first kappa shape index (κ1) is 13.2. The average molecular weight is 165 g/mol. The van der Waals surface area contributed by atoms with Gasteiger partial charge < -0.3 is 6.16 Å². The topological polar surface area (TPSA) is 67.2 Å². The summed E-state index contributed by atoms with van der Waals surface area (Å²) in [6.45, 7) is 1.76. The first-order valence-electron chi connectivity index (χ1n) is 2.85. The second-order valence-electron chi connectivity index (χ2n) is 1.65. The molecule has 0 aromatic rings. The maximum Gasteiger partial charge on any atom is 1.00 e. The smallest absolute Gasteiger partial charge is 1.00 e. The normalized spacial score (nSPS) is 7.27. The zero-order chi connectivity index (χ0) is 7.98. The molecule has 0 aromatic carbocycles. The number of nitrogens with zero attached hydrogens (tertiary/aromatic N) is 1. The molecule has 0 spiro atoms. The molecule has 5 heteroatoms. The summed E-state index contributed by atoms with van der Waals surface area (Å²) < 4.78 is 3.77. The summed E-state index contributed by atoms with van der Waals surface area (Å²) in [6, 6.07) is 0. The fourth-order valence-electron chi connectivity index (χ4n) is 0.427. The van der Waals surface area contributed by atoms with Gasteiger partial charge >= 0.3 is 35.5 Å². The van der Waals surface area contributed by atoms with E-state index in [1.165, 1.54) is 0 Å². The number of hydrogen-bond acceptors (Lipinski definition) is 4. The molecule has 11 heavy (non-hydrogen) atoms. The first-order valence-corrected chi connectivity index (χ1v) is 2.85. The van der Waals surface area contributed by atoms with Gasteiger partial charge in [-0.25, -0.2) is 4.79 Å². The van der Waals surface area contributed by atoms with Crippen molar-refractivity contribution in [1.29, 1.82) is 5.26 Å². The second-order valence-corrected chi connectivity index (χ2v) is 1.65. The number of rotatable bonds is 3. The molecule has 0 aromatic heterocycles. The number of Topliss-reactive ketones (excluding diaryl/α,β-unsaturated/α-hetero) is 1. The Morgan fingerprint density at radius 1 is 1.64 bits per heavy atom. The molecule has 0 saturated carbocycles. The van der Waals surface area contributed by atoms with Crippen molar-refractivity contribution in [3.63, 3.8) is 0 Å². The molecule has 0 bridgehead atoms. The maximum atomic E-state index is 10.5. The van der Waals surface area contributed by atoms with Crippen molar-refractivity contribution in [2.75, 3.05) is 0 Å². The zero-order valence-corrected chi connectivity index (χ0v) is 8.59. The van der Waals surface area contributed by atoms with Crippen LogP contribution in [0.25, 0.3) is 0 Å². The molecule has 0 atom stereocenters. The van der Waals surface area contributed by atoms with E-state index < -0.39 is 11.8 Å². The number of nitriles is 1. The Bertz CT molecular complexity index is 190. The van der Waals surface area contributed by atoms with Crippen LogP contribution in [-0.2, 0) is 14.3 Å². The fourth-order valence-corrected chi connectivity index (χ4v) is 0.427. The van der Waals surface area contributed by atoms with Gasteiger partial charge in [-0.3, -0.25) is 4.79 Å². The Balaban J connectivity index is -0.000000405. The van der Waals surface area contributed by atoms with Crippen LogP contribution in [0.2, 0.25) is 0 Å². The molecule has 4 nitrogen and oxygen atoms in total. The van der Waals surface area contributed by atoms with E-state index in [2.05, 4.69) is 4.74 Å². The van der Waals surface area contributed by atoms with Gasteiger partial charge in [0, 0.05) is 6.42 Å². The summed E-state index contributed by atoms with van der Waals surface area (Å²) in [5.74, 6) is -1.71. The predicted molar refractivity (Wildman–Crippen MR) is 32.7 cm³/mol. The molecule has 0 unspecified atom stereocenters. The number of carbonyl (C=O) groups is 2. The van der Waals surface area contributed by atoms with Crippen LogP contribution in [0.5, 0.6) is 0 Å². The van der Waals surface area contributed by atoms with Gasteiger partial charge in [-0.2, -0.15) is 0 Å². The van der Waals surface area contributed by atoms with Crippen molar-refractivity contribution in [1.82, 2.24) is 0 Å². The summed E-state index contributed by atoms with van der Waals surface area (Å²) in [6.07, 6.45) is 1.86. The number of esters is 1. The van der Waals surface area contributed by atoms with E-state index >= 15 is 0 Å². The van der Waals surface area contributed by atoms with Crippen LogP contribution in [0.4, 0.5) is 0 Å². The summed E-state index contributed by atoms with van der Waals surface area (Å²) >= 11 is 0. The van der Waals surface area contributed by atoms with Crippen molar-refractivity contribution in [2.24, 2.45) is 0 Å². The molecule has 0 N–H and O–H groups in total. The van der Waals surface area contributed by atoms with E-state index in [1.54, 1.807) is 6.92 Å². The molecule has 0 aliphatic rings. The van der Waals surface area contributed by atoms with Crippen molar-refractivity contribution in [3.05, 3.63) is 0 Å². The third-order valence-electron chi connectivity index (χ3n) is 0.843. The molecule has 0 amide bonds. The number of ether oxygens (including phenoxy) is 1. The molecule has 0 aliphatic heterocycles. The van der Waals surface area contributed by atoms with Gasteiger partial charge in [0.15, 0.2) is 0 Å². The zero-order valence-electron chi connectivity index (χ0n) is 7.59. The monoisotopic (exact) mass is 165 g/mol. The van der Waals surface area contributed by atoms with Crippen molar-refractivity contribution in [2.45, 2.75) is 19.8 Å². The third-order valence-corrected chi connectivity index (χ3v) is 0.843. The van der Waals surface area contributed by atoms with E-state index in [0.717, 1.165) is 6.26 Å². The van der Waals surface area contributed by atoms with Gasteiger partial charge in [0.05, 0.1) is 0 Å². The summed E-state index contributed by atoms with van der Waals surface area (Å²) in [7, 11) is 0. The molecule has 0 radical (unpaired) electrons. The van der Waals surface area contributed by atoms with Crippen LogP contribution in [0.15, 0.2) is 0 Å². The van der Waals surface area contributed by atoms with Gasteiger partial charge in [0.25, 0.3) is 6.26 Å². The van der Waals surface area contributed by atoms with Gasteiger partial charge in [-0.05, 0) is 6.42 Å². The van der Waals surface area contributed by atoms with Gasteiger partial charge in [-0.15, -0.1) is 5.26 Å². The standard InChI is InChI=1S/C6H7NO3.Na.H/c1-2-3-5(8)6(9)10-4-7;;/h2-3H2,1H3;;/q;+1;-1. The summed E-state index contributed by atoms with van der Waals surface area (Å²) in [5.41, 5.74) is 0. The Kier molecular flexibility index (Phi) is 9.31. The number of hydrogen-bond donors (Lipinski definition) is 0. The largest absolute Gasteiger partial charge is 1.00 e. The predicted octanol–water partition coefficient (Wildman–Crippen LogP) is -2.50. The second kappa shape index (κ2) is 7.73. The summed E-state index contributed by atoms with van der Waals surface area (Å²) in [4.78, 5) is 20.8. The van der Waals surface area contributed by atoms with Gasteiger partial charge in [0.2, 0.25) is 5.78 Å². The molecular formula is C6H8NNaO3. The van der Waals surface area contributed by atoms with E-state index in [-0.39, 0.29) is 37.4 Å². The Hall–Kier alpha value is -0.370. The van der Waals surface area contributed by atoms with Gasteiger partial charge in [0.1, 0.15) is 0 Å². The van der Waals surface area contributed by atoms with Crippen molar-refractivity contribution >= 4 is 11.8 Å². The molecule has 56 valence electrons. The minimum atomic E-state index is -1.07. The van der Waals surface area contributed by atoms with Crippen LogP contribution >= 0.6 is 0 Å². The average Bonchev–Trinajstić information content (AvgIpc) is 1.89. The fraction of sp³-hybridized carbons (Fsp3) is 0.500. The molecular weight excluding hydrogens is 157 g/mol. The Morgan fingerprint density at radius 3 is 2.55 bits per heavy atom. The van der Waals surface area contributed by atoms with Crippen LogP contribution in [0.3, 0.4) is 0 Å². The Labute approximate surface area is 88.3 Å². The minimum absolute atomic E-state index is 0. The van der Waals surface area contributed by atoms with Gasteiger partial charge in [-0.1, -0.05) is 6.92 Å². The number of carbonyl (C=O) groups excluding carboxylic acids is 2. The number of ketones is 1. The van der Waals surface area contributed by atoms with Crippen LogP contribution < -0.4 is 29.6 Å². The summed E-state index contributed by atoms with van der Waals surface area (Å²) in [5, 5.41) is 7.81. The maximum absolute atomic E-state index is 10.5. The van der Waals surface area contributed by atoms with E-state index in [9.17, 15) is 9.59 Å². The molecule has 0 saturated heterocycles.